The van der Waals surface area contributed by atoms with Crippen LogP contribution in [0.3, 0.4) is 0 Å². The molecular weight excluding hydrogens is 363 g/mol. The lowest BCUT2D eigenvalue weighted by Gasteiger charge is -2.20. The van der Waals surface area contributed by atoms with Crippen LogP contribution in [0.4, 0.5) is 18.9 Å². The molecule has 0 bridgehead atoms. The number of aliphatic hydroxyl groups is 1. The number of ketones is 1. The number of allylic oxidation sites excluding steroid dienone is 3. The molecule has 0 atom stereocenters. The van der Waals surface area contributed by atoms with E-state index >= 15 is 0 Å². The number of halogens is 3. The number of nitrogens with one attached hydrogen (secondary N) is 1. The van der Waals surface area contributed by atoms with Gasteiger partial charge < -0.3 is 10.4 Å². The van der Waals surface area contributed by atoms with Gasteiger partial charge in [0.15, 0.2) is 5.78 Å². The summed E-state index contributed by atoms with van der Waals surface area (Å²) in [6.07, 6.45) is 4.39. The number of hydrogen-bond donors (Lipinski definition) is 2. The highest BCUT2D eigenvalue weighted by Gasteiger charge is 2.35. The summed E-state index contributed by atoms with van der Waals surface area (Å²) in [6, 6.07) is 3.45. The topological polar surface area (TPSA) is 49.3 Å². The Balaban J connectivity index is 2.42. The van der Waals surface area contributed by atoms with Crippen LogP contribution in [0.15, 0.2) is 41.7 Å². The average Bonchev–Trinajstić information content (AvgIpc) is 2.52. The van der Waals surface area contributed by atoms with Crippen LogP contribution in [-0.4, -0.2) is 15.9 Å². The first-order chi connectivity index (χ1) is 12.3. The zero-order valence-electron chi connectivity index (χ0n) is 14.3. The van der Waals surface area contributed by atoms with Crippen molar-refractivity contribution in [2.45, 2.75) is 45.0 Å². The Labute approximate surface area is 155 Å². The summed E-state index contributed by atoms with van der Waals surface area (Å²) in [5.41, 5.74) is -1.18. The quantitative estimate of drug-likeness (QED) is 0.527. The molecule has 1 aromatic carbocycles. The lowest BCUT2D eigenvalue weighted by Crippen LogP contribution is -2.24. The van der Waals surface area contributed by atoms with Crippen LogP contribution in [-0.2, 0) is 10.7 Å². The minimum Gasteiger partial charge on any atom is -0.511 e. The van der Waals surface area contributed by atoms with E-state index in [1.54, 1.807) is 0 Å². The van der Waals surface area contributed by atoms with Crippen LogP contribution in [0.1, 0.15) is 44.6 Å². The molecule has 0 fully saturated rings. The first-order valence-electron chi connectivity index (χ1n) is 8.35. The minimum absolute atomic E-state index is 0.0794. The van der Waals surface area contributed by atoms with E-state index in [2.05, 4.69) is 5.32 Å². The van der Waals surface area contributed by atoms with E-state index in [-0.39, 0.29) is 40.6 Å². The van der Waals surface area contributed by atoms with Gasteiger partial charge in [0.25, 0.3) is 5.92 Å². The predicted octanol–water partition coefficient (Wildman–Crippen LogP) is 5.58. The fraction of sp³-hybridized carbons (Fsp3) is 0.368. The van der Waals surface area contributed by atoms with E-state index in [1.807, 2.05) is 0 Å². The highest BCUT2D eigenvalue weighted by atomic mass is 32.1. The number of Topliss-reactive ketones (excluding diaryl/α,β-unsaturated/α-hetero) is 1. The summed E-state index contributed by atoms with van der Waals surface area (Å²) >= 11 is 5.17. The van der Waals surface area contributed by atoms with E-state index in [4.69, 9.17) is 12.2 Å². The Morgan fingerprint density at radius 1 is 1.27 bits per heavy atom. The van der Waals surface area contributed by atoms with Crippen molar-refractivity contribution in [1.82, 2.24) is 0 Å². The molecule has 7 heteroatoms. The normalized spacial score (nSPS) is 16.5. The van der Waals surface area contributed by atoms with Gasteiger partial charge in [0.1, 0.15) is 16.6 Å². The molecule has 1 aliphatic carbocycles. The van der Waals surface area contributed by atoms with Crippen molar-refractivity contribution in [3.05, 3.63) is 53.1 Å². The lowest BCUT2D eigenvalue weighted by atomic mass is 9.96. The highest BCUT2D eigenvalue weighted by molar-refractivity contribution is 7.81. The number of aliphatic hydroxyl groups excluding tert-OH is 1. The molecule has 0 saturated heterocycles. The molecule has 3 nitrogen and oxygen atoms in total. The molecule has 2 N–H and O–H groups in total. The molecule has 0 aliphatic heterocycles. The SMILES string of the molecule is C/C=C/C(F)(F)c1c(F)cccc1NC(=S)C1=C(O)CCCCCC1=O. The van der Waals surface area contributed by atoms with E-state index in [0.717, 1.165) is 18.6 Å². The molecular formula is C19H20F3NO2S. The number of benzene rings is 1. The van der Waals surface area contributed by atoms with Crippen LogP contribution < -0.4 is 5.32 Å². The second-order valence-electron chi connectivity index (χ2n) is 6.05. The van der Waals surface area contributed by atoms with E-state index in [0.29, 0.717) is 18.9 Å². The summed E-state index contributed by atoms with van der Waals surface area (Å²) in [6.45, 7) is 1.41. The molecule has 140 valence electrons. The fourth-order valence-corrected chi connectivity index (χ4v) is 3.21. The third kappa shape index (κ3) is 4.52. The standard InChI is InChI=1S/C19H20F3NO2S/c1-2-11-19(21,22)17-12(20)7-6-8-13(17)23-18(26)16-14(24)9-4-3-5-10-15(16)25/h2,6-8,11,24H,3-5,9-10H2,1H3,(H,23,26)/b11-2+,16-14?. The maximum absolute atomic E-state index is 14.3. The Kier molecular flexibility index (Phi) is 6.58. The molecule has 1 aromatic rings. The molecule has 26 heavy (non-hydrogen) atoms. The van der Waals surface area contributed by atoms with Gasteiger partial charge >= 0.3 is 0 Å². The maximum atomic E-state index is 14.3. The Morgan fingerprint density at radius 3 is 2.65 bits per heavy atom. The number of thiocarbonyl (C=S) groups is 1. The first-order valence-corrected chi connectivity index (χ1v) is 8.76. The minimum atomic E-state index is -3.56. The van der Waals surface area contributed by atoms with Crippen molar-refractivity contribution >= 4 is 28.7 Å². The lowest BCUT2D eigenvalue weighted by molar-refractivity contribution is -0.115. The maximum Gasteiger partial charge on any atom is 0.296 e. The second-order valence-corrected chi connectivity index (χ2v) is 6.45. The van der Waals surface area contributed by atoms with Crippen molar-refractivity contribution in [3.63, 3.8) is 0 Å². The van der Waals surface area contributed by atoms with Gasteiger partial charge in [0.2, 0.25) is 0 Å². The Morgan fingerprint density at radius 2 is 1.96 bits per heavy atom. The van der Waals surface area contributed by atoms with Crippen LogP contribution >= 0.6 is 12.2 Å². The van der Waals surface area contributed by atoms with E-state index < -0.39 is 17.3 Å². The molecule has 0 unspecified atom stereocenters. The van der Waals surface area contributed by atoms with Crippen LogP contribution in [0.2, 0.25) is 0 Å². The number of carbonyl (C=O) groups is 1. The van der Waals surface area contributed by atoms with Gasteiger partial charge in [-0.2, -0.15) is 8.78 Å². The number of alkyl halides is 2. The molecule has 0 saturated carbocycles. The van der Waals surface area contributed by atoms with Gasteiger partial charge in [-0.3, -0.25) is 4.79 Å². The molecule has 2 rings (SSSR count). The van der Waals surface area contributed by atoms with Gasteiger partial charge in [-0.15, -0.1) is 0 Å². The van der Waals surface area contributed by atoms with Crippen LogP contribution in [0.5, 0.6) is 0 Å². The number of anilines is 1. The summed E-state index contributed by atoms with van der Waals surface area (Å²) < 4.78 is 42.7. The van der Waals surface area contributed by atoms with Gasteiger partial charge in [-0.25, -0.2) is 4.39 Å². The van der Waals surface area contributed by atoms with Gasteiger partial charge in [-0.05, 0) is 38.0 Å². The fourth-order valence-electron chi connectivity index (χ4n) is 2.87. The summed E-state index contributed by atoms with van der Waals surface area (Å²) in [5.74, 6) is -5.16. The van der Waals surface area contributed by atoms with E-state index in [9.17, 15) is 23.1 Å². The second kappa shape index (κ2) is 8.49. The zero-order chi connectivity index (χ0) is 19.3. The Bertz CT molecular complexity index is 772. The van der Waals surface area contributed by atoms with Crippen molar-refractivity contribution < 1.29 is 23.1 Å². The van der Waals surface area contributed by atoms with Gasteiger partial charge in [0.05, 0.1) is 16.8 Å². The predicted molar refractivity (Wildman–Crippen MR) is 99.1 cm³/mol. The molecule has 0 radical (unpaired) electrons. The Hall–Kier alpha value is -2.15. The third-order valence-corrected chi connectivity index (χ3v) is 4.39. The molecule has 1 aliphatic rings. The number of hydrogen-bond acceptors (Lipinski definition) is 3. The average molecular weight is 383 g/mol. The largest absolute Gasteiger partial charge is 0.511 e. The zero-order valence-corrected chi connectivity index (χ0v) is 15.1. The molecule has 0 aromatic heterocycles. The van der Waals surface area contributed by atoms with Crippen molar-refractivity contribution in [3.8, 4) is 0 Å². The van der Waals surface area contributed by atoms with Crippen molar-refractivity contribution in [1.29, 1.82) is 0 Å². The van der Waals surface area contributed by atoms with Crippen LogP contribution in [0, 0.1) is 5.82 Å². The monoisotopic (exact) mass is 383 g/mol. The van der Waals surface area contributed by atoms with Crippen LogP contribution in [0.25, 0.3) is 0 Å². The highest BCUT2D eigenvalue weighted by Crippen LogP contribution is 2.37. The van der Waals surface area contributed by atoms with Gasteiger partial charge in [-0.1, -0.05) is 30.8 Å². The number of rotatable bonds is 4. The summed E-state index contributed by atoms with van der Waals surface area (Å²) in [5, 5.41) is 12.7. The summed E-state index contributed by atoms with van der Waals surface area (Å²) in [7, 11) is 0. The summed E-state index contributed by atoms with van der Waals surface area (Å²) in [4.78, 5) is 12.1. The van der Waals surface area contributed by atoms with Crippen molar-refractivity contribution in [2.75, 3.05) is 5.32 Å². The van der Waals surface area contributed by atoms with Crippen molar-refractivity contribution in [2.24, 2.45) is 0 Å². The van der Waals surface area contributed by atoms with Gasteiger partial charge in [0, 0.05) is 12.8 Å². The molecule has 0 heterocycles. The molecule has 0 amide bonds. The smallest absolute Gasteiger partial charge is 0.296 e. The van der Waals surface area contributed by atoms with E-state index in [1.165, 1.54) is 19.1 Å². The number of carbonyl (C=O) groups excluding carboxylic acids is 1. The molecule has 0 spiro atoms. The first kappa shape index (κ1) is 20.2. The third-order valence-electron chi connectivity index (χ3n) is 4.08.